The molecule has 0 saturated carbocycles. The lowest BCUT2D eigenvalue weighted by atomic mass is 9.93. The second-order valence-electron chi connectivity index (χ2n) is 4.07. The molecule has 1 aromatic rings. The number of hydrogen-bond acceptors (Lipinski definition) is 5. The van der Waals surface area contributed by atoms with E-state index in [1.807, 2.05) is 19.9 Å². The maximum Gasteiger partial charge on any atom is 0.137 e. The first kappa shape index (κ1) is 12.9. The number of nitrogens with one attached hydrogen (secondary N) is 1. The van der Waals surface area contributed by atoms with Gasteiger partial charge in [-0.15, -0.1) is 0 Å². The Labute approximate surface area is 95.9 Å². The van der Waals surface area contributed by atoms with Crippen LogP contribution in [-0.2, 0) is 4.74 Å². The number of hydrogen-bond donors (Lipinski definition) is 2. The Bertz CT molecular complexity index is 342. The molecule has 0 aliphatic heterocycles. The molecular formula is C11H19N3O2. The van der Waals surface area contributed by atoms with Gasteiger partial charge in [-0.1, -0.05) is 0 Å². The zero-order valence-corrected chi connectivity index (χ0v) is 10.2. The molecule has 5 nitrogen and oxygen atoms in total. The maximum atomic E-state index is 5.56. The van der Waals surface area contributed by atoms with Crippen molar-refractivity contribution in [3.05, 3.63) is 24.0 Å². The SMILES string of the molecule is COc1cncc(C(NN)C(C)(C)OC)c1. The van der Waals surface area contributed by atoms with E-state index in [9.17, 15) is 0 Å². The lowest BCUT2D eigenvalue weighted by Crippen LogP contribution is -2.44. The van der Waals surface area contributed by atoms with Crippen molar-refractivity contribution >= 4 is 0 Å². The lowest BCUT2D eigenvalue weighted by Gasteiger charge is -2.32. The second kappa shape index (κ2) is 5.25. The topological polar surface area (TPSA) is 69.4 Å². The summed E-state index contributed by atoms with van der Waals surface area (Å²) in [4.78, 5) is 4.10. The first-order chi connectivity index (χ1) is 7.55. The van der Waals surface area contributed by atoms with Crippen molar-refractivity contribution in [1.82, 2.24) is 10.4 Å². The number of aromatic nitrogens is 1. The summed E-state index contributed by atoms with van der Waals surface area (Å²) in [6.07, 6.45) is 3.39. The molecule has 16 heavy (non-hydrogen) atoms. The molecule has 0 aromatic carbocycles. The summed E-state index contributed by atoms with van der Waals surface area (Å²) in [5.74, 6) is 6.26. The van der Waals surface area contributed by atoms with E-state index in [1.165, 1.54) is 0 Å². The molecule has 0 aliphatic carbocycles. The predicted octanol–water partition coefficient (Wildman–Crippen LogP) is 1.02. The van der Waals surface area contributed by atoms with Gasteiger partial charge in [-0.3, -0.25) is 16.3 Å². The standard InChI is InChI=1S/C11H19N3O2/c1-11(2,16-4)10(14-12)8-5-9(15-3)7-13-6-8/h5-7,10,14H,12H2,1-4H3. The van der Waals surface area contributed by atoms with Gasteiger partial charge in [0.05, 0.1) is 24.9 Å². The summed E-state index contributed by atoms with van der Waals surface area (Å²) < 4.78 is 10.5. The highest BCUT2D eigenvalue weighted by molar-refractivity contribution is 5.27. The number of pyridine rings is 1. The molecule has 0 amide bonds. The van der Waals surface area contributed by atoms with Crippen LogP contribution in [0.1, 0.15) is 25.5 Å². The maximum absolute atomic E-state index is 5.56. The van der Waals surface area contributed by atoms with Crippen molar-refractivity contribution in [2.45, 2.75) is 25.5 Å². The van der Waals surface area contributed by atoms with Crippen molar-refractivity contribution in [2.24, 2.45) is 5.84 Å². The summed E-state index contributed by atoms with van der Waals surface area (Å²) in [6, 6.07) is 1.73. The van der Waals surface area contributed by atoms with Gasteiger partial charge in [-0.2, -0.15) is 0 Å². The highest BCUT2D eigenvalue weighted by Crippen LogP contribution is 2.28. The van der Waals surface area contributed by atoms with E-state index >= 15 is 0 Å². The van der Waals surface area contributed by atoms with Crippen LogP contribution in [0, 0.1) is 0 Å². The van der Waals surface area contributed by atoms with Crippen LogP contribution in [0.4, 0.5) is 0 Å². The van der Waals surface area contributed by atoms with Crippen LogP contribution < -0.4 is 16.0 Å². The molecular weight excluding hydrogens is 206 g/mol. The van der Waals surface area contributed by atoms with E-state index in [4.69, 9.17) is 15.3 Å². The molecule has 0 aliphatic rings. The third-order valence-corrected chi connectivity index (χ3v) is 2.69. The van der Waals surface area contributed by atoms with Gasteiger partial charge in [0, 0.05) is 13.3 Å². The molecule has 0 fully saturated rings. The van der Waals surface area contributed by atoms with Gasteiger partial charge in [0.2, 0.25) is 0 Å². The van der Waals surface area contributed by atoms with Crippen molar-refractivity contribution < 1.29 is 9.47 Å². The number of methoxy groups -OCH3 is 2. The van der Waals surface area contributed by atoms with Gasteiger partial charge < -0.3 is 9.47 Å². The van der Waals surface area contributed by atoms with E-state index < -0.39 is 5.60 Å². The molecule has 1 rings (SSSR count). The van der Waals surface area contributed by atoms with Crippen molar-refractivity contribution in [2.75, 3.05) is 14.2 Å². The van der Waals surface area contributed by atoms with Crippen LogP contribution >= 0.6 is 0 Å². The Morgan fingerprint density at radius 3 is 2.56 bits per heavy atom. The summed E-state index contributed by atoms with van der Waals surface area (Å²) in [7, 11) is 3.26. The number of hydrazine groups is 1. The molecule has 1 aromatic heterocycles. The molecule has 1 heterocycles. The monoisotopic (exact) mass is 225 g/mol. The zero-order chi connectivity index (χ0) is 12.2. The van der Waals surface area contributed by atoms with Crippen LogP contribution in [0.25, 0.3) is 0 Å². The Hall–Kier alpha value is -1.17. The van der Waals surface area contributed by atoms with Crippen LogP contribution in [0.3, 0.4) is 0 Å². The highest BCUT2D eigenvalue weighted by atomic mass is 16.5. The first-order valence-electron chi connectivity index (χ1n) is 5.05. The third-order valence-electron chi connectivity index (χ3n) is 2.69. The van der Waals surface area contributed by atoms with Crippen molar-refractivity contribution in [3.8, 4) is 5.75 Å². The molecule has 0 bridgehead atoms. The number of rotatable bonds is 5. The Morgan fingerprint density at radius 2 is 2.06 bits per heavy atom. The van der Waals surface area contributed by atoms with Crippen LogP contribution in [-0.4, -0.2) is 24.8 Å². The normalized spacial score (nSPS) is 13.6. The minimum absolute atomic E-state index is 0.153. The van der Waals surface area contributed by atoms with Gasteiger partial charge in [0.15, 0.2) is 0 Å². The predicted molar refractivity (Wildman–Crippen MR) is 61.9 cm³/mol. The Kier molecular flexibility index (Phi) is 4.23. The fourth-order valence-electron chi connectivity index (χ4n) is 1.52. The van der Waals surface area contributed by atoms with E-state index in [2.05, 4.69) is 10.4 Å². The zero-order valence-electron chi connectivity index (χ0n) is 10.2. The van der Waals surface area contributed by atoms with Gasteiger partial charge in [-0.25, -0.2) is 0 Å². The molecule has 5 heteroatoms. The highest BCUT2D eigenvalue weighted by Gasteiger charge is 2.30. The van der Waals surface area contributed by atoms with Gasteiger partial charge in [0.25, 0.3) is 0 Å². The Balaban J connectivity index is 3.03. The van der Waals surface area contributed by atoms with Crippen LogP contribution in [0.5, 0.6) is 5.75 Å². The lowest BCUT2D eigenvalue weighted by molar-refractivity contribution is -0.0112. The minimum atomic E-state index is -0.428. The summed E-state index contributed by atoms with van der Waals surface area (Å²) in [6.45, 7) is 3.91. The fraction of sp³-hybridized carbons (Fsp3) is 0.545. The van der Waals surface area contributed by atoms with Gasteiger partial charge >= 0.3 is 0 Å². The second-order valence-corrected chi connectivity index (χ2v) is 4.07. The molecule has 1 unspecified atom stereocenters. The number of nitrogens with zero attached hydrogens (tertiary/aromatic N) is 1. The van der Waals surface area contributed by atoms with Crippen molar-refractivity contribution in [3.63, 3.8) is 0 Å². The molecule has 1 atom stereocenters. The fourth-order valence-corrected chi connectivity index (χ4v) is 1.52. The molecule has 0 saturated heterocycles. The van der Waals surface area contributed by atoms with Gasteiger partial charge in [-0.05, 0) is 25.5 Å². The number of nitrogens with two attached hydrogens (primary N) is 1. The van der Waals surface area contributed by atoms with E-state index in [0.717, 1.165) is 5.56 Å². The third kappa shape index (κ3) is 2.69. The molecule has 0 radical (unpaired) electrons. The van der Waals surface area contributed by atoms with E-state index in [-0.39, 0.29) is 6.04 Å². The molecule has 0 spiro atoms. The summed E-state index contributed by atoms with van der Waals surface area (Å²) >= 11 is 0. The molecule has 90 valence electrons. The van der Waals surface area contributed by atoms with Crippen LogP contribution in [0.2, 0.25) is 0 Å². The van der Waals surface area contributed by atoms with E-state index in [0.29, 0.717) is 5.75 Å². The minimum Gasteiger partial charge on any atom is -0.495 e. The average Bonchev–Trinajstić information content (AvgIpc) is 2.30. The smallest absolute Gasteiger partial charge is 0.137 e. The molecule has 3 N–H and O–H groups in total. The summed E-state index contributed by atoms with van der Waals surface area (Å²) in [5, 5.41) is 0. The average molecular weight is 225 g/mol. The summed E-state index contributed by atoms with van der Waals surface area (Å²) in [5.41, 5.74) is 3.24. The van der Waals surface area contributed by atoms with Gasteiger partial charge in [0.1, 0.15) is 5.75 Å². The van der Waals surface area contributed by atoms with Crippen LogP contribution in [0.15, 0.2) is 18.5 Å². The number of ether oxygens (including phenoxy) is 2. The first-order valence-corrected chi connectivity index (χ1v) is 5.05. The largest absolute Gasteiger partial charge is 0.495 e. The quantitative estimate of drug-likeness (QED) is 0.578. The Morgan fingerprint density at radius 1 is 1.38 bits per heavy atom. The van der Waals surface area contributed by atoms with E-state index in [1.54, 1.807) is 26.6 Å². The van der Waals surface area contributed by atoms with Crippen molar-refractivity contribution in [1.29, 1.82) is 0 Å².